The molecule has 0 aliphatic rings. The summed E-state index contributed by atoms with van der Waals surface area (Å²) in [6.07, 6.45) is 0.329. The number of carbonyl (C=O) groups is 3. The van der Waals surface area contributed by atoms with Crippen molar-refractivity contribution in [3.63, 3.8) is 0 Å². The molecule has 0 spiro atoms. The van der Waals surface area contributed by atoms with Crippen molar-refractivity contribution in [1.29, 1.82) is 0 Å². The molecular formula is C16H23N3O3. The molecule has 0 aromatic heterocycles. The van der Waals surface area contributed by atoms with Crippen LogP contribution in [0.25, 0.3) is 0 Å². The zero-order chi connectivity index (χ0) is 16.7. The number of amides is 3. The predicted molar refractivity (Wildman–Crippen MR) is 84.0 cm³/mol. The van der Waals surface area contributed by atoms with E-state index in [2.05, 4.69) is 16.2 Å². The Kier molecular flexibility index (Phi) is 6.56. The Bertz CT molecular complexity index is 548. The highest BCUT2D eigenvalue weighted by atomic mass is 16.2. The van der Waals surface area contributed by atoms with E-state index in [9.17, 15) is 14.4 Å². The number of carbonyl (C=O) groups excluding carboxylic acids is 3. The first kappa shape index (κ1) is 17.7. The maximum absolute atomic E-state index is 12.0. The lowest BCUT2D eigenvalue weighted by Gasteiger charge is -2.10. The summed E-state index contributed by atoms with van der Waals surface area (Å²) in [5, 5.41) is 2.52. The van der Waals surface area contributed by atoms with Gasteiger partial charge in [-0.25, -0.2) is 0 Å². The van der Waals surface area contributed by atoms with Gasteiger partial charge >= 0.3 is 0 Å². The number of aryl methyl sites for hydroxylation is 2. The standard InChI is InChI=1S/C16H23N3O3/c1-10(2)5-14(20)18-19-15(21)9-17-16(22)13-7-11(3)6-12(4)8-13/h6-8,10H,5,9H2,1-4H3,(H,17,22)(H,18,20)(H,19,21). The minimum atomic E-state index is -0.477. The fraction of sp³-hybridized carbons (Fsp3) is 0.438. The Morgan fingerprint density at radius 3 is 2.05 bits per heavy atom. The van der Waals surface area contributed by atoms with Crippen LogP contribution >= 0.6 is 0 Å². The summed E-state index contributed by atoms with van der Waals surface area (Å²) in [4.78, 5) is 34.9. The van der Waals surface area contributed by atoms with Crippen molar-refractivity contribution in [3.05, 3.63) is 34.9 Å². The van der Waals surface area contributed by atoms with E-state index in [-0.39, 0.29) is 24.3 Å². The van der Waals surface area contributed by atoms with E-state index in [0.29, 0.717) is 12.0 Å². The van der Waals surface area contributed by atoms with Crippen LogP contribution in [-0.2, 0) is 9.59 Å². The molecule has 0 aliphatic carbocycles. The molecule has 3 amide bonds. The van der Waals surface area contributed by atoms with Crippen LogP contribution in [0.4, 0.5) is 0 Å². The van der Waals surface area contributed by atoms with Crippen molar-refractivity contribution in [2.75, 3.05) is 6.54 Å². The second-order valence-electron chi connectivity index (χ2n) is 5.75. The highest BCUT2D eigenvalue weighted by molar-refractivity contribution is 5.97. The van der Waals surface area contributed by atoms with Gasteiger partial charge in [0.2, 0.25) is 5.91 Å². The smallest absolute Gasteiger partial charge is 0.257 e. The SMILES string of the molecule is Cc1cc(C)cc(C(=O)NCC(=O)NNC(=O)CC(C)C)c1. The zero-order valence-electron chi connectivity index (χ0n) is 13.4. The summed E-state index contributed by atoms with van der Waals surface area (Å²) < 4.78 is 0. The third-order valence-corrected chi connectivity index (χ3v) is 2.83. The van der Waals surface area contributed by atoms with Gasteiger partial charge in [0.25, 0.3) is 11.8 Å². The molecule has 0 atom stereocenters. The number of hydrogen-bond donors (Lipinski definition) is 3. The quantitative estimate of drug-likeness (QED) is 0.715. The fourth-order valence-corrected chi connectivity index (χ4v) is 1.97. The van der Waals surface area contributed by atoms with Gasteiger partial charge in [-0.15, -0.1) is 0 Å². The molecule has 0 fully saturated rings. The van der Waals surface area contributed by atoms with Gasteiger partial charge in [-0.05, 0) is 31.9 Å². The normalized spacial score (nSPS) is 10.2. The molecule has 0 unspecified atom stereocenters. The molecule has 3 N–H and O–H groups in total. The van der Waals surface area contributed by atoms with Crippen molar-refractivity contribution in [3.8, 4) is 0 Å². The molecule has 6 nitrogen and oxygen atoms in total. The number of hydrazine groups is 1. The van der Waals surface area contributed by atoms with E-state index >= 15 is 0 Å². The van der Waals surface area contributed by atoms with E-state index in [1.807, 2.05) is 33.8 Å². The van der Waals surface area contributed by atoms with Crippen LogP contribution in [0.5, 0.6) is 0 Å². The molecule has 22 heavy (non-hydrogen) atoms. The lowest BCUT2D eigenvalue weighted by Crippen LogP contribution is -2.46. The highest BCUT2D eigenvalue weighted by Crippen LogP contribution is 2.08. The summed E-state index contributed by atoms with van der Waals surface area (Å²) in [7, 11) is 0. The minimum Gasteiger partial charge on any atom is -0.343 e. The molecule has 1 aromatic rings. The molecule has 0 saturated heterocycles. The molecule has 6 heteroatoms. The number of rotatable bonds is 5. The number of hydrogen-bond acceptors (Lipinski definition) is 3. The molecule has 0 saturated carbocycles. The third-order valence-electron chi connectivity index (χ3n) is 2.83. The van der Waals surface area contributed by atoms with Gasteiger partial charge in [0.1, 0.15) is 0 Å². The Labute approximate surface area is 130 Å². The van der Waals surface area contributed by atoms with Gasteiger partial charge in [0.05, 0.1) is 6.54 Å². The van der Waals surface area contributed by atoms with Crippen molar-refractivity contribution >= 4 is 17.7 Å². The summed E-state index contributed by atoms with van der Waals surface area (Å²) in [5.41, 5.74) is 7.04. The molecular weight excluding hydrogens is 282 g/mol. The molecule has 0 heterocycles. The topological polar surface area (TPSA) is 87.3 Å². The lowest BCUT2D eigenvalue weighted by molar-refractivity contribution is -0.128. The van der Waals surface area contributed by atoms with Gasteiger partial charge in [0.15, 0.2) is 0 Å². The Balaban J connectivity index is 2.40. The Morgan fingerprint density at radius 1 is 0.955 bits per heavy atom. The van der Waals surface area contributed by atoms with Crippen LogP contribution < -0.4 is 16.2 Å². The highest BCUT2D eigenvalue weighted by Gasteiger charge is 2.10. The average Bonchev–Trinajstić information content (AvgIpc) is 2.40. The average molecular weight is 305 g/mol. The Hall–Kier alpha value is -2.37. The summed E-state index contributed by atoms with van der Waals surface area (Å²) in [6.45, 7) is 7.42. The maximum Gasteiger partial charge on any atom is 0.257 e. The van der Waals surface area contributed by atoms with Crippen LogP contribution in [0.3, 0.4) is 0 Å². The van der Waals surface area contributed by atoms with Gasteiger partial charge in [-0.3, -0.25) is 25.2 Å². The first-order valence-corrected chi connectivity index (χ1v) is 7.22. The zero-order valence-corrected chi connectivity index (χ0v) is 13.4. The lowest BCUT2D eigenvalue weighted by atomic mass is 10.1. The maximum atomic E-state index is 12.0. The van der Waals surface area contributed by atoms with E-state index in [1.165, 1.54) is 0 Å². The molecule has 0 radical (unpaired) electrons. The third kappa shape index (κ3) is 6.39. The second-order valence-corrected chi connectivity index (χ2v) is 5.75. The van der Waals surface area contributed by atoms with Crippen LogP contribution in [0.15, 0.2) is 18.2 Å². The van der Waals surface area contributed by atoms with Crippen molar-refractivity contribution in [2.45, 2.75) is 34.1 Å². The van der Waals surface area contributed by atoms with Gasteiger partial charge in [-0.1, -0.05) is 31.0 Å². The largest absolute Gasteiger partial charge is 0.343 e. The number of benzene rings is 1. The van der Waals surface area contributed by atoms with Crippen molar-refractivity contribution in [1.82, 2.24) is 16.2 Å². The van der Waals surface area contributed by atoms with Gasteiger partial charge in [-0.2, -0.15) is 0 Å². The minimum absolute atomic E-state index is 0.201. The predicted octanol–water partition coefficient (Wildman–Crippen LogP) is 1.23. The summed E-state index contributed by atoms with van der Waals surface area (Å²) in [5.74, 6) is -0.851. The first-order chi connectivity index (χ1) is 10.3. The fourth-order valence-electron chi connectivity index (χ4n) is 1.97. The second kappa shape index (κ2) is 8.17. The van der Waals surface area contributed by atoms with Crippen LogP contribution in [0, 0.1) is 19.8 Å². The van der Waals surface area contributed by atoms with Crippen LogP contribution in [-0.4, -0.2) is 24.3 Å². The van der Waals surface area contributed by atoms with Gasteiger partial charge < -0.3 is 5.32 Å². The molecule has 120 valence electrons. The molecule has 0 bridgehead atoms. The summed E-state index contributed by atoms with van der Waals surface area (Å²) in [6, 6.07) is 5.48. The molecule has 1 rings (SSSR count). The molecule has 1 aromatic carbocycles. The van der Waals surface area contributed by atoms with E-state index in [4.69, 9.17) is 0 Å². The monoisotopic (exact) mass is 305 g/mol. The van der Waals surface area contributed by atoms with E-state index < -0.39 is 5.91 Å². The van der Waals surface area contributed by atoms with Crippen molar-refractivity contribution in [2.24, 2.45) is 5.92 Å². The first-order valence-electron chi connectivity index (χ1n) is 7.22. The van der Waals surface area contributed by atoms with Gasteiger partial charge in [0, 0.05) is 12.0 Å². The Morgan fingerprint density at radius 2 is 1.50 bits per heavy atom. The molecule has 0 aliphatic heterocycles. The number of nitrogens with one attached hydrogen (secondary N) is 3. The van der Waals surface area contributed by atoms with Crippen LogP contribution in [0.2, 0.25) is 0 Å². The van der Waals surface area contributed by atoms with Crippen LogP contribution in [0.1, 0.15) is 41.8 Å². The van der Waals surface area contributed by atoms with Crippen molar-refractivity contribution < 1.29 is 14.4 Å². The summed E-state index contributed by atoms with van der Waals surface area (Å²) >= 11 is 0. The van der Waals surface area contributed by atoms with E-state index in [1.54, 1.807) is 12.1 Å². The van der Waals surface area contributed by atoms with E-state index in [0.717, 1.165) is 11.1 Å².